The molecule has 1 amide bonds. The number of guanidine groups is 1. The largest absolute Gasteiger partial charge is 0.490 e. The summed E-state index contributed by atoms with van der Waals surface area (Å²) < 4.78 is 11.3. The quantitative estimate of drug-likeness (QED) is 0.547. The summed E-state index contributed by atoms with van der Waals surface area (Å²) in [6, 6.07) is 13.4. The number of nitrogens with zero attached hydrogens (tertiary/aromatic N) is 1. The molecule has 0 fully saturated rings. The third kappa shape index (κ3) is 5.39. The van der Waals surface area contributed by atoms with Gasteiger partial charge in [-0.15, -0.1) is 0 Å². The van der Waals surface area contributed by atoms with Gasteiger partial charge in [-0.2, -0.15) is 0 Å². The summed E-state index contributed by atoms with van der Waals surface area (Å²) in [7, 11) is 1.65. The Hall–Kier alpha value is -3.22. The first-order valence-electron chi connectivity index (χ1n) is 9.44. The summed E-state index contributed by atoms with van der Waals surface area (Å²) in [5.41, 5.74) is 2.77. The second kappa shape index (κ2) is 9.64. The summed E-state index contributed by atoms with van der Waals surface area (Å²) in [6.45, 7) is 3.46. The van der Waals surface area contributed by atoms with E-state index >= 15 is 0 Å². The second-order valence-corrected chi connectivity index (χ2v) is 6.36. The maximum absolute atomic E-state index is 12.2. The Balaban J connectivity index is 1.54. The van der Waals surface area contributed by atoms with Gasteiger partial charge in [-0.05, 0) is 36.2 Å². The van der Waals surface area contributed by atoms with Crippen molar-refractivity contribution in [2.75, 3.05) is 37.4 Å². The fourth-order valence-corrected chi connectivity index (χ4v) is 2.80. The van der Waals surface area contributed by atoms with Crippen molar-refractivity contribution in [1.29, 1.82) is 0 Å². The fraction of sp³-hybridized carbons (Fsp3) is 0.333. The zero-order chi connectivity index (χ0) is 19.8. The average Bonchev–Trinajstić information content (AvgIpc) is 2.96. The molecular weight excluding hydrogens is 356 g/mol. The molecule has 1 aliphatic heterocycles. The molecule has 2 aromatic rings. The van der Waals surface area contributed by atoms with Gasteiger partial charge in [0.25, 0.3) is 0 Å². The summed E-state index contributed by atoms with van der Waals surface area (Å²) in [6.07, 6.45) is 1.78. The SMILES string of the molecule is CCc1cccc(NC(=O)CNC(=NC)Nc2ccc3c(c2)OCCCO3)c1. The molecule has 0 saturated carbocycles. The molecule has 0 unspecified atom stereocenters. The highest BCUT2D eigenvalue weighted by Crippen LogP contribution is 2.32. The highest BCUT2D eigenvalue weighted by atomic mass is 16.5. The minimum absolute atomic E-state index is 0.0978. The molecule has 0 spiro atoms. The monoisotopic (exact) mass is 382 g/mol. The van der Waals surface area contributed by atoms with Crippen LogP contribution < -0.4 is 25.4 Å². The van der Waals surface area contributed by atoms with Gasteiger partial charge in [0.2, 0.25) is 5.91 Å². The van der Waals surface area contributed by atoms with Crippen molar-refractivity contribution in [3.63, 3.8) is 0 Å². The zero-order valence-electron chi connectivity index (χ0n) is 16.2. The molecule has 7 heteroatoms. The van der Waals surface area contributed by atoms with Crippen LogP contribution in [0.4, 0.5) is 11.4 Å². The number of rotatable bonds is 5. The number of benzene rings is 2. The molecule has 7 nitrogen and oxygen atoms in total. The smallest absolute Gasteiger partial charge is 0.243 e. The van der Waals surface area contributed by atoms with Gasteiger partial charge in [-0.1, -0.05) is 19.1 Å². The maximum atomic E-state index is 12.2. The third-order valence-corrected chi connectivity index (χ3v) is 4.27. The Bertz CT molecular complexity index is 851. The van der Waals surface area contributed by atoms with Gasteiger partial charge in [0.05, 0.1) is 19.8 Å². The minimum atomic E-state index is -0.144. The predicted octanol–water partition coefficient (Wildman–Crippen LogP) is 3.04. The molecule has 0 atom stereocenters. The average molecular weight is 382 g/mol. The Morgan fingerprint density at radius 2 is 1.82 bits per heavy atom. The molecule has 1 heterocycles. The molecule has 1 aliphatic rings. The van der Waals surface area contributed by atoms with E-state index in [0.29, 0.717) is 24.9 Å². The number of nitrogens with one attached hydrogen (secondary N) is 3. The van der Waals surface area contributed by atoms with E-state index in [1.54, 1.807) is 7.05 Å². The van der Waals surface area contributed by atoms with Crippen LogP contribution in [0.25, 0.3) is 0 Å². The van der Waals surface area contributed by atoms with Crippen molar-refractivity contribution in [3.8, 4) is 11.5 Å². The molecule has 0 radical (unpaired) electrons. The first-order chi connectivity index (χ1) is 13.7. The molecule has 0 bridgehead atoms. The lowest BCUT2D eigenvalue weighted by Crippen LogP contribution is -2.37. The predicted molar refractivity (Wildman–Crippen MR) is 111 cm³/mol. The highest BCUT2D eigenvalue weighted by molar-refractivity contribution is 5.99. The van der Waals surface area contributed by atoms with Gasteiger partial charge >= 0.3 is 0 Å². The van der Waals surface area contributed by atoms with Crippen molar-refractivity contribution in [3.05, 3.63) is 48.0 Å². The van der Waals surface area contributed by atoms with Crippen LogP contribution >= 0.6 is 0 Å². The number of ether oxygens (including phenoxy) is 2. The second-order valence-electron chi connectivity index (χ2n) is 6.36. The molecule has 3 rings (SSSR count). The lowest BCUT2D eigenvalue weighted by atomic mass is 10.1. The van der Waals surface area contributed by atoms with Crippen molar-refractivity contribution < 1.29 is 14.3 Å². The topological polar surface area (TPSA) is 84.0 Å². The molecular formula is C21H26N4O3. The molecule has 0 aromatic heterocycles. The number of hydrogen-bond donors (Lipinski definition) is 3. The number of amides is 1. The van der Waals surface area contributed by atoms with E-state index in [-0.39, 0.29) is 12.5 Å². The van der Waals surface area contributed by atoms with Gasteiger partial charge in [-0.25, -0.2) is 0 Å². The number of carbonyl (C=O) groups is 1. The molecule has 3 N–H and O–H groups in total. The van der Waals surface area contributed by atoms with E-state index in [4.69, 9.17) is 9.47 Å². The molecule has 2 aromatic carbocycles. The normalized spacial score (nSPS) is 13.4. The maximum Gasteiger partial charge on any atom is 0.243 e. The van der Waals surface area contributed by atoms with Gasteiger partial charge in [0, 0.05) is 30.9 Å². The van der Waals surface area contributed by atoms with Crippen LogP contribution in [0.5, 0.6) is 11.5 Å². The van der Waals surface area contributed by atoms with E-state index in [1.165, 1.54) is 5.56 Å². The molecule has 0 aliphatic carbocycles. The van der Waals surface area contributed by atoms with Crippen LogP contribution in [0.3, 0.4) is 0 Å². The first-order valence-corrected chi connectivity index (χ1v) is 9.44. The van der Waals surface area contributed by atoms with Crippen LogP contribution in [0.15, 0.2) is 47.5 Å². The third-order valence-electron chi connectivity index (χ3n) is 4.27. The number of fused-ring (bicyclic) bond motifs is 1. The van der Waals surface area contributed by atoms with Gasteiger partial charge in [-0.3, -0.25) is 9.79 Å². The van der Waals surface area contributed by atoms with Crippen LogP contribution in [0.2, 0.25) is 0 Å². The summed E-state index contributed by atoms with van der Waals surface area (Å²) in [5, 5.41) is 9.06. The van der Waals surface area contributed by atoms with Gasteiger partial charge in [0.1, 0.15) is 0 Å². The van der Waals surface area contributed by atoms with E-state index in [9.17, 15) is 4.79 Å². The number of carbonyl (C=O) groups excluding carboxylic acids is 1. The summed E-state index contributed by atoms with van der Waals surface area (Å²) >= 11 is 0. The van der Waals surface area contributed by atoms with Crippen molar-refractivity contribution in [2.45, 2.75) is 19.8 Å². The van der Waals surface area contributed by atoms with E-state index in [1.807, 2.05) is 42.5 Å². The lowest BCUT2D eigenvalue weighted by Gasteiger charge is -2.14. The molecule has 0 saturated heterocycles. The van der Waals surface area contributed by atoms with Crippen molar-refractivity contribution >= 4 is 23.2 Å². The number of aryl methyl sites for hydroxylation is 1. The summed E-state index contributed by atoms with van der Waals surface area (Å²) in [5.74, 6) is 1.79. The Labute approximate surface area is 165 Å². The number of anilines is 2. The fourth-order valence-electron chi connectivity index (χ4n) is 2.80. The zero-order valence-corrected chi connectivity index (χ0v) is 16.2. The Morgan fingerprint density at radius 3 is 2.61 bits per heavy atom. The summed E-state index contributed by atoms with van der Waals surface area (Å²) in [4.78, 5) is 16.4. The minimum Gasteiger partial charge on any atom is -0.490 e. The number of hydrogen-bond acceptors (Lipinski definition) is 4. The number of aliphatic imine (C=N–C) groups is 1. The molecule has 148 valence electrons. The van der Waals surface area contributed by atoms with Crippen molar-refractivity contribution in [1.82, 2.24) is 5.32 Å². The van der Waals surface area contributed by atoms with Crippen LogP contribution in [-0.2, 0) is 11.2 Å². The van der Waals surface area contributed by atoms with E-state index < -0.39 is 0 Å². The Morgan fingerprint density at radius 1 is 1.04 bits per heavy atom. The molecule has 28 heavy (non-hydrogen) atoms. The first kappa shape index (κ1) is 19.5. The lowest BCUT2D eigenvalue weighted by molar-refractivity contribution is -0.115. The highest BCUT2D eigenvalue weighted by Gasteiger charge is 2.12. The Kier molecular flexibility index (Phi) is 6.73. The van der Waals surface area contributed by atoms with Crippen LogP contribution in [0, 0.1) is 0 Å². The standard InChI is InChI=1S/C21H26N4O3/c1-3-15-6-4-7-16(12-15)24-20(26)14-23-21(22-2)25-17-8-9-18-19(13-17)28-11-5-10-27-18/h4,6-9,12-13H,3,5,10-11,14H2,1-2H3,(H,24,26)(H2,22,23,25). The van der Waals surface area contributed by atoms with E-state index in [0.717, 1.165) is 30.0 Å². The van der Waals surface area contributed by atoms with Crippen LogP contribution in [-0.4, -0.2) is 38.7 Å². The van der Waals surface area contributed by atoms with Gasteiger partial charge in [0.15, 0.2) is 17.5 Å². The van der Waals surface area contributed by atoms with E-state index in [2.05, 4.69) is 27.9 Å². The van der Waals surface area contributed by atoms with Gasteiger partial charge < -0.3 is 25.4 Å². The van der Waals surface area contributed by atoms with Crippen LogP contribution in [0.1, 0.15) is 18.9 Å². The van der Waals surface area contributed by atoms with Crippen molar-refractivity contribution in [2.24, 2.45) is 4.99 Å².